The van der Waals surface area contributed by atoms with E-state index in [9.17, 15) is 0 Å². The van der Waals surface area contributed by atoms with Crippen LogP contribution in [0, 0.1) is 0 Å². The largest absolute Gasteiger partial charge is 0.316 e. The molecule has 0 amide bonds. The van der Waals surface area contributed by atoms with Crippen LogP contribution in [0.15, 0.2) is 24.5 Å². The van der Waals surface area contributed by atoms with Crippen molar-refractivity contribution in [1.82, 2.24) is 19.9 Å². The molecule has 2 heterocycles. The van der Waals surface area contributed by atoms with Crippen LogP contribution >= 0.6 is 0 Å². The zero-order valence-corrected chi connectivity index (χ0v) is 13.1. The number of rotatable bonds is 4. The third kappa shape index (κ3) is 3.07. The number of hydrogen-bond donors (Lipinski definition) is 1. The predicted molar refractivity (Wildman–Crippen MR) is 82.2 cm³/mol. The van der Waals surface area contributed by atoms with Crippen LogP contribution < -0.4 is 5.32 Å². The third-order valence-corrected chi connectivity index (χ3v) is 3.30. The van der Waals surface area contributed by atoms with Crippen molar-refractivity contribution in [3.8, 4) is 5.82 Å². The average Bonchev–Trinajstić information content (AvgIpc) is 2.86. The van der Waals surface area contributed by atoms with Gasteiger partial charge in [0.05, 0.1) is 0 Å². The average molecular weight is 272 g/mol. The van der Waals surface area contributed by atoms with E-state index in [-0.39, 0.29) is 5.41 Å². The van der Waals surface area contributed by atoms with E-state index in [1.54, 1.807) is 0 Å². The van der Waals surface area contributed by atoms with E-state index in [0.717, 1.165) is 30.3 Å². The molecule has 0 atom stereocenters. The second kappa shape index (κ2) is 5.75. The Labute approximate surface area is 121 Å². The quantitative estimate of drug-likeness (QED) is 0.930. The highest BCUT2D eigenvalue weighted by atomic mass is 15.1. The lowest BCUT2D eigenvalue weighted by Crippen LogP contribution is -2.17. The van der Waals surface area contributed by atoms with Gasteiger partial charge in [-0.2, -0.15) is 0 Å². The van der Waals surface area contributed by atoms with Crippen molar-refractivity contribution in [3.63, 3.8) is 0 Å². The van der Waals surface area contributed by atoms with Gasteiger partial charge in [-0.15, -0.1) is 0 Å². The van der Waals surface area contributed by atoms with E-state index in [1.165, 1.54) is 5.56 Å². The number of pyridine rings is 1. The molecular weight excluding hydrogens is 248 g/mol. The standard InChI is InChI=1S/C16H24N4/c1-6-14-18-7-8-20(14)15-10-12(11-17-5)9-13(19-15)16(2,3)4/h7-10,17H,6,11H2,1-5H3. The van der Waals surface area contributed by atoms with Crippen LogP contribution in [0.4, 0.5) is 0 Å². The molecule has 2 aromatic heterocycles. The highest BCUT2D eigenvalue weighted by Crippen LogP contribution is 2.23. The normalized spacial score (nSPS) is 11.8. The zero-order valence-electron chi connectivity index (χ0n) is 13.1. The number of aryl methyl sites for hydroxylation is 1. The molecular formula is C16H24N4. The molecule has 4 heteroatoms. The Balaban J connectivity index is 2.55. The fourth-order valence-corrected chi connectivity index (χ4v) is 2.19. The second-order valence-electron chi connectivity index (χ2n) is 6.07. The SMILES string of the molecule is CCc1nccn1-c1cc(CNC)cc(C(C)(C)C)n1. The van der Waals surface area contributed by atoms with Gasteiger partial charge in [0.25, 0.3) is 0 Å². The maximum Gasteiger partial charge on any atom is 0.138 e. The first-order valence-corrected chi connectivity index (χ1v) is 7.14. The number of aromatic nitrogens is 3. The van der Waals surface area contributed by atoms with Crippen molar-refractivity contribution in [1.29, 1.82) is 0 Å². The Morgan fingerprint density at radius 3 is 2.60 bits per heavy atom. The van der Waals surface area contributed by atoms with Gasteiger partial charge in [-0.3, -0.25) is 4.57 Å². The van der Waals surface area contributed by atoms with Gasteiger partial charge in [-0.1, -0.05) is 27.7 Å². The van der Waals surface area contributed by atoms with Crippen molar-refractivity contribution < 1.29 is 0 Å². The minimum atomic E-state index is 0.0332. The Morgan fingerprint density at radius 2 is 2.00 bits per heavy atom. The van der Waals surface area contributed by atoms with Crippen molar-refractivity contribution in [2.75, 3.05) is 7.05 Å². The molecule has 0 spiro atoms. The van der Waals surface area contributed by atoms with Gasteiger partial charge in [-0.05, 0) is 24.7 Å². The van der Waals surface area contributed by atoms with Gasteiger partial charge in [0.15, 0.2) is 0 Å². The predicted octanol–water partition coefficient (Wildman–Crippen LogP) is 2.85. The lowest BCUT2D eigenvalue weighted by molar-refractivity contribution is 0.565. The van der Waals surface area contributed by atoms with Crippen LogP contribution in [0.25, 0.3) is 5.82 Å². The molecule has 0 unspecified atom stereocenters. The van der Waals surface area contributed by atoms with E-state index in [1.807, 2.05) is 19.4 Å². The molecule has 2 aromatic rings. The van der Waals surface area contributed by atoms with E-state index in [0.29, 0.717) is 0 Å². The monoisotopic (exact) mass is 272 g/mol. The maximum absolute atomic E-state index is 4.83. The Kier molecular flexibility index (Phi) is 4.23. The van der Waals surface area contributed by atoms with Gasteiger partial charge in [0.2, 0.25) is 0 Å². The summed E-state index contributed by atoms with van der Waals surface area (Å²) in [5.74, 6) is 2.00. The molecule has 0 aromatic carbocycles. The summed E-state index contributed by atoms with van der Waals surface area (Å²) in [6.07, 6.45) is 4.72. The molecule has 0 bridgehead atoms. The molecule has 0 saturated heterocycles. The number of hydrogen-bond acceptors (Lipinski definition) is 3. The van der Waals surface area contributed by atoms with Crippen LogP contribution in [0.3, 0.4) is 0 Å². The van der Waals surface area contributed by atoms with Gasteiger partial charge < -0.3 is 5.32 Å². The third-order valence-electron chi connectivity index (χ3n) is 3.30. The van der Waals surface area contributed by atoms with Crippen LogP contribution in [-0.4, -0.2) is 21.6 Å². The fourth-order valence-electron chi connectivity index (χ4n) is 2.19. The number of nitrogens with zero attached hydrogens (tertiary/aromatic N) is 3. The summed E-state index contributed by atoms with van der Waals surface area (Å²) >= 11 is 0. The fraction of sp³-hybridized carbons (Fsp3) is 0.500. The maximum atomic E-state index is 4.83. The lowest BCUT2D eigenvalue weighted by Gasteiger charge is -2.20. The van der Waals surface area contributed by atoms with Crippen LogP contribution in [-0.2, 0) is 18.4 Å². The summed E-state index contributed by atoms with van der Waals surface area (Å²) in [6.45, 7) is 9.53. The van der Waals surface area contributed by atoms with Crippen molar-refractivity contribution in [3.05, 3.63) is 41.6 Å². The van der Waals surface area contributed by atoms with Gasteiger partial charge in [-0.25, -0.2) is 9.97 Å². The first-order chi connectivity index (χ1) is 9.45. The molecule has 2 rings (SSSR count). The van der Waals surface area contributed by atoms with Gasteiger partial charge in [0.1, 0.15) is 11.6 Å². The minimum Gasteiger partial charge on any atom is -0.316 e. The van der Waals surface area contributed by atoms with Crippen molar-refractivity contribution in [2.45, 2.75) is 46.1 Å². The number of imidazole rings is 1. The summed E-state index contributed by atoms with van der Waals surface area (Å²) in [5.41, 5.74) is 2.39. The Bertz CT molecular complexity index is 578. The van der Waals surface area contributed by atoms with Gasteiger partial charge in [0, 0.05) is 36.5 Å². The number of nitrogens with one attached hydrogen (secondary N) is 1. The van der Waals surface area contributed by atoms with E-state index in [2.05, 4.69) is 54.7 Å². The van der Waals surface area contributed by atoms with Gasteiger partial charge >= 0.3 is 0 Å². The summed E-state index contributed by atoms with van der Waals surface area (Å²) in [7, 11) is 1.96. The smallest absolute Gasteiger partial charge is 0.138 e. The van der Waals surface area contributed by atoms with Crippen LogP contribution in [0.2, 0.25) is 0 Å². The summed E-state index contributed by atoms with van der Waals surface area (Å²) in [5, 5.41) is 3.21. The Morgan fingerprint density at radius 1 is 1.25 bits per heavy atom. The molecule has 4 nitrogen and oxygen atoms in total. The molecule has 0 aliphatic carbocycles. The van der Waals surface area contributed by atoms with E-state index in [4.69, 9.17) is 4.98 Å². The van der Waals surface area contributed by atoms with Crippen molar-refractivity contribution >= 4 is 0 Å². The minimum absolute atomic E-state index is 0.0332. The molecule has 20 heavy (non-hydrogen) atoms. The molecule has 0 aliphatic rings. The second-order valence-corrected chi connectivity index (χ2v) is 6.07. The molecule has 0 aliphatic heterocycles. The molecule has 0 saturated carbocycles. The summed E-state index contributed by atoms with van der Waals surface area (Å²) in [6, 6.07) is 4.31. The van der Waals surface area contributed by atoms with E-state index >= 15 is 0 Å². The summed E-state index contributed by atoms with van der Waals surface area (Å²) < 4.78 is 2.08. The highest BCUT2D eigenvalue weighted by molar-refractivity contribution is 5.34. The lowest BCUT2D eigenvalue weighted by atomic mass is 9.90. The van der Waals surface area contributed by atoms with Crippen LogP contribution in [0.5, 0.6) is 0 Å². The van der Waals surface area contributed by atoms with E-state index < -0.39 is 0 Å². The summed E-state index contributed by atoms with van der Waals surface area (Å²) in [4.78, 5) is 9.22. The van der Waals surface area contributed by atoms with Crippen molar-refractivity contribution in [2.24, 2.45) is 0 Å². The molecule has 0 fully saturated rings. The first-order valence-electron chi connectivity index (χ1n) is 7.14. The molecule has 1 N–H and O–H groups in total. The highest BCUT2D eigenvalue weighted by Gasteiger charge is 2.18. The molecule has 0 radical (unpaired) electrons. The Hall–Kier alpha value is -1.68. The molecule has 108 valence electrons. The topological polar surface area (TPSA) is 42.7 Å². The zero-order chi connectivity index (χ0) is 14.8. The van der Waals surface area contributed by atoms with Crippen LogP contribution in [0.1, 0.15) is 44.8 Å². The first kappa shape index (κ1) is 14.7.